The van der Waals surface area contributed by atoms with Crippen LogP contribution in [0.5, 0.6) is 5.75 Å². The van der Waals surface area contributed by atoms with Crippen LogP contribution in [0.4, 0.5) is 0 Å². The zero-order valence-corrected chi connectivity index (χ0v) is 12.5. The molecular formula is C17H22N2O2. The summed E-state index contributed by atoms with van der Waals surface area (Å²) in [6.45, 7) is 3.06. The summed E-state index contributed by atoms with van der Waals surface area (Å²) >= 11 is 0. The number of fused-ring (bicyclic) bond motifs is 1. The van der Waals surface area contributed by atoms with Crippen LogP contribution in [0.1, 0.15) is 18.4 Å². The third-order valence-electron chi connectivity index (χ3n) is 4.21. The van der Waals surface area contributed by atoms with E-state index in [0.29, 0.717) is 12.5 Å². The standard InChI is InChI=1S/C17H22N2O2/c1-18-10-13-5-4-8-19(11-13)17(20)15-9-14-6-2-3-7-16(14)21-12-15/h2-3,6-7,9,13,18H,4-5,8,10-12H2,1H3. The summed E-state index contributed by atoms with van der Waals surface area (Å²) in [5.41, 5.74) is 1.76. The lowest BCUT2D eigenvalue weighted by Crippen LogP contribution is -2.43. The van der Waals surface area contributed by atoms with E-state index in [1.807, 2.05) is 42.3 Å². The zero-order valence-electron chi connectivity index (χ0n) is 12.5. The van der Waals surface area contributed by atoms with Crippen LogP contribution in [0.2, 0.25) is 0 Å². The quantitative estimate of drug-likeness (QED) is 0.923. The predicted octanol–water partition coefficient (Wildman–Crippen LogP) is 1.92. The molecule has 0 aromatic heterocycles. The van der Waals surface area contributed by atoms with Gasteiger partial charge in [-0.05, 0) is 44.5 Å². The molecular weight excluding hydrogens is 264 g/mol. The second-order valence-corrected chi connectivity index (χ2v) is 5.81. The highest BCUT2D eigenvalue weighted by atomic mass is 16.5. The highest BCUT2D eigenvalue weighted by Gasteiger charge is 2.27. The molecule has 1 N–H and O–H groups in total. The lowest BCUT2D eigenvalue weighted by Gasteiger charge is -2.33. The summed E-state index contributed by atoms with van der Waals surface area (Å²) in [5.74, 6) is 1.55. The number of nitrogens with one attached hydrogen (secondary N) is 1. The Morgan fingerprint density at radius 2 is 2.29 bits per heavy atom. The number of hydrogen-bond acceptors (Lipinski definition) is 3. The summed E-state index contributed by atoms with van der Waals surface area (Å²) in [7, 11) is 1.97. The van der Waals surface area contributed by atoms with Gasteiger partial charge < -0.3 is 15.0 Å². The van der Waals surface area contributed by atoms with Gasteiger partial charge >= 0.3 is 0 Å². The first-order valence-corrected chi connectivity index (χ1v) is 7.64. The molecule has 1 atom stereocenters. The van der Waals surface area contributed by atoms with E-state index >= 15 is 0 Å². The second-order valence-electron chi connectivity index (χ2n) is 5.81. The van der Waals surface area contributed by atoms with Gasteiger partial charge in [0.1, 0.15) is 12.4 Å². The highest BCUT2D eigenvalue weighted by Crippen LogP contribution is 2.27. The molecule has 3 rings (SSSR count). The minimum Gasteiger partial charge on any atom is -0.488 e. The van der Waals surface area contributed by atoms with Gasteiger partial charge in [0.05, 0.1) is 5.57 Å². The first-order valence-electron chi connectivity index (χ1n) is 7.64. The summed E-state index contributed by atoms with van der Waals surface area (Å²) in [5, 5.41) is 3.21. The van der Waals surface area contributed by atoms with Crippen molar-refractivity contribution in [3.8, 4) is 5.75 Å². The molecule has 1 aromatic rings. The molecule has 0 aliphatic carbocycles. The van der Waals surface area contributed by atoms with Crippen LogP contribution in [-0.2, 0) is 4.79 Å². The minimum atomic E-state index is 0.130. The van der Waals surface area contributed by atoms with Crippen LogP contribution in [0.3, 0.4) is 0 Å². The van der Waals surface area contributed by atoms with Gasteiger partial charge in [0, 0.05) is 18.7 Å². The Kier molecular flexibility index (Phi) is 4.25. The maximum absolute atomic E-state index is 12.7. The zero-order chi connectivity index (χ0) is 14.7. The van der Waals surface area contributed by atoms with Gasteiger partial charge in [-0.25, -0.2) is 0 Å². The molecule has 1 saturated heterocycles. The number of hydrogen-bond donors (Lipinski definition) is 1. The number of ether oxygens (including phenoxy) is 1. The Morgan fingerprint density at radius 3 is 3.14 bits per heavy atom. The van der Waals surface area contributed by atoms with E-state index in [1.54, 1.807) is 0 Å². The number of rotatable bonds is 3. The van der Waals surface area contributed by atoms with Gasteiger partial charge in [-0.3, -0.25) is 4.79 Å². The smallest absolute Gasteiger partial charge is 0.253 e. The van der Waals surface area contributed by atoms with Crippen LogP contribution >= 0.6 is 0 Å². The summed E-state index contributed by atoms with van der Waals surface area (Å²) < 4.78 is 5.69. The van der Waals surface area contributed by atoms with Crippen LogP contribution in [-0.4, -0.2) is 44.1 Å². The lowest BCUT2D eigenvalue weighted by atomic mass is 9.97. The van der Waals surface area contributed by atoms with Crippen molar-refractivity contribution in [1.82, 2.24) is 10.2 Å². The largest absolute Gasteiger partial charge is 0.488 e. The van der Waals surface area contributed by atoms with Crippen molar-refractivity contribution in [3.05, 3.63) is 35.4 Å². The Hall–Kier alpha value is -1.81. The fourth-order valence-corrected chi connectivity index (χ4v) is 3.15. The topological polar surface area (TPSA) is 41.6 Å². The summed E-state index contributed by atoms with van der Waals surface area (Å²) in [4.78, 5) is 14.7. The van der Waals surface area contributed by atoms with E-state index in [4.69, 9.17) is 4.74 Å². The number of para-hydroxylation sites is 1. The van der Waals surface area contributed by atoms with Crippen LogP contribution in [0, 0.1) is 5.92 Å². The molecule has 112 valence electrons. The van der Waals surface area contributed by atoms with E-state index in [1.165, 1.54) is 6.42 Å². The molecule has 4 heteroatoms. The number of nitrogens with zero attached hydrogens (tertiary/aromatic N) is 1. The maximum Gasteiger partial charge on any atom is 0.253 e. The number of amides is 1. The SMILES string of the molecule is CNCC1CCCN(C(=O)C2=Cc3ccccc3OC2)C1. The van der Waals surface area contributed by atoms with Gasteiger partial charge in [-0.15, -0.1) is 0 Å². The van der Waals surface area contributed by atoms with E-state index in [2.05, 4.69) is 5.32 Å². The van der Waals surface area contributed by atoms with E-state index in [9.17, 15) is 4.79 Å². The number of carbonyl (C=O) groups excluding carboxylic acids is 1. The Morgan fingerprint density at radius 1 is 1.43 bits per heavy atom. The molecule has 0 spiro atoms. The first-order chi connectivity index (χ1) is 10.3. The number of piperidine rings is 1. The molecule has 0 bridgehead atoms. The molecule has 21 heavy (non-hydrogen) atoms. The average molecular weight is 286 g/mol. The molecule has 1 aromatic carbocycles. The molecule has 0 saturated carbocycles. The molecule has 2 aliphatic rings. The molecule has 4 nitrogen and oxygen atoms in total. The van der Waals surface area contributed by atoms with Crippen molar-refractivity contribution in [1.29, 1.82) is 0 Å². The van der Waals surface area contributed by atoms with Crippen molar-refractivity contribution in [2.45, 2.75) is 12.8 Å². The van der Waals surface area contributed by atoms with Crippen molar-refractivity contribution in [2.75, 3.05) is 33.3 Å². The van der Waals surface area contributed by atoms with E-state index < -0.39 is 0 Å². The fourth-order valence-electron chi connectivity index (χ4n) is 3.15. The van der Waals surface area contributed by atoms with E-state index in [-0.39, 0.29) is 5.91 Å². The monoisotopic (exact) mass is 286 g/mol. The van der Waals surface area contributed by atoms with Crippen molar-refractivity contribution >= 4 is 12.0 Å². The normalized spacial score (nSPS) is 21.3. The predicted molar refractivity (Wildman–Crippen MR) is 83.1 cm³/mol. The lowest BCUT2D eigenvalue weighted by molar-refractivity contribution is -0.129. The Labute approximate surface area is 125 Å². The third-order valence-corrected chi connectivity index (χ3v) is 4.21. The highest BCUT2D eigenvalue weighted by molar-refractivity contribution is 5.99. The van der Waals surface area contributed by atoms with Crippen molar-refractivity contribution < 1.29 is 9.53 Å². The van der Waals surface area contributed by atoms with Crippen molar-refractivity contribution in [3.63, 3.8) is 0 Å². The molecule has 0 radical (unpaired) electrons. The molecule has 2 aliphatic heterocycles. The molecule has 1 unspecified atom stereocenters. The molecule has 1 amide bonds. The summed E-state index contributed by atoms with van der Waals surface area (Å²) in [6.07, 6.45) is 4.26. The average Bonchev–Trinajstić information content (AvgIpc) is 2.54. The maximum atomic E-state index is 12.7. The van der Waals surface area contributed by atoms with Crippen LogP contribution in [0.25, 0.3) is 6.08 Å². The third kappa shape index (κ3) is 3.10. The van der Waals surface area contributed by atoms with Gasteiger partial charge in [0.25, 0.3) is 5.91 Å². The number of likely N-dealkylation sites (tertiary alicyclic amines) is 1. The van der Waals surface area contributed by atoms with Gasteiger partial charge in [-0.2, -0.15) is 0 Å². The fraction of sp³-hybridized carbons (Fsp3) is 0.471. The van der Waals surface area contributed by atoms with E-state index in [0.717, 1.165) is 42.9 Å². The van der Waals surface area contributed by atoms with Gasteiger partial charge in [-0.1, -0.05) is 18.2 Å². The Balaban J connectivity index is 1.72. The minimum absolute atomic E-state index is 0.130. The number of benzene rings is 1. The molecule has 1 fully saturated rings. The first kappa shape index (κ1) is 14.1. The number of carbonyl (C=O) groups is 1. The van der Waals surface area contributed by atoms with Gasteiger partial charge in [0.15, 0.2) is 0 Å². The van der Waals surface area contributed by atoms with Crippen LogP contribution in [0.15, 0.2) is 29.8 Å². The van der Waals surface area contributed by atoms with Gasteiger partial charge in [0.2, 0.25) is 0 Å². The van der Waals surface area contributed by atoms with Crippen LogP contribution < -0.4 is 10.1 Å². The van der Waals surface area contributed by atoms with Crippen molar-refractivity contribution in [2.24, 2.45) is 5.92 Å². The second kappa shape index (κ2) is 6.31. The summed E-state index contributed by atoms with van der Waals surface area (Å²) in [6, 6.07) is 7.85. The Bertz CT molecular complexity index is 551. The molecule has 2 heterocycles.